The lowest BCUT2D eigenvalue weighted by molar-refractivity contribution is -0.661. The van der Waals surface area contributed by atoms with Crippen molar-refractivity contribution in [3.63, 3.8) is 0 Å². The van der Waals surface area contributed by atoms with Crippen LogP contribution in [-0.4, -0.2) is 0 Å². The molecule has 0 N–H and O–H groups in total. The minimum atomic E-state index is 0.261. The Hall–Kier alpha value is -11.2. The highest BCUT2D eigenvalue weighted by atomic mass is 14.9. The van der Waals surface area contributed by atoms with Gasteiger partial charge in [0.1, 0.15) is 28.2 Å². The van der Waals surface area contributed by atoms with Crippen LogP contribution in [0.15, 0.2) is 243 Å². The maximum atomic E-state index is 2.49. The van der Waals surface area contributed by atoms with Crippen LogP contribution in [0.4, 0.5) is 0 Å². The van der Waals surface area contributed by atoms with E-state index in [4.69, 9.17) is 0 Å². The summed E-state index contributed by atoms with van der Waals surface area (Å²) in [6, 6.07) is 80.6. The first-order valence-electron chi connectivity index (χ1n) is 43.5. The minimum Gasteiger partial charge on any atom is -0.201 e. The predicted molar refractivity (Wildman–Crippen MR) is 508 cm³/mol. The van der Waals surface area contributed by atoms with E-state index in [1.54, 1.807) is 5.56 Å². The molecule has 119 heavy (non-hydrogen) atoms. The number of rotatable bonds is 13. The monoisotopic (exact) mass is 1570 g/mol. The molecule has 4 nitrogen and oxygen atoms in total. The first-order valence-corrected chi connectivity index (χ1v) is 43.5. The Labute approximate surface area is 716 Å². The third kappa shape index (κ3) is 19.7. The maximum Gasteiger partial charge on any atom is 0.213 e. The second-order valence-corrected chi connectivity index (χ2v) is 36.4. The van der Waals surface area contributed by atoms with Crippen molar-refractivity contribution >= 4 is 0 Å². The van der Waals surface area contributed by atoms with Crippen molar-refractivity contribution in [3.05, 3.63) is 354 Å². The van der Waals surface area contributed by atoms with Crippen LogP contribution in [0.3, 0.4) is 0 Å². The van der Waals surface area contributed by atoms with Crippen molar-refractivity contribution in [3.8, 4) is 112 Å². The van der Waals surface area contributed by atoms with E-state index in [0.717, 1.165) is 12.3 Å². The number of aryl methyl sites for hydroxylation is 17. The summed E-state index contributed by atoms with van der Waals surface area (Å²) in [6.07, 6.45) is 17.1. The molecular formula is C115H132N4+4. The van der Waals surface area contributed by atoms with Crippen molar-refractivity contribution in [2.24, 2.45) is 33.6 Å². The van der Waals surface area contributed by atoms with Crippen LogP contribution in [-0.2, 0) is 34.6 Å². The summed E-state index contributed by atoms with van der Waals surface area (Å²) < 4.78 is 9.14. The Morgan fingerprint density at radius 3 is 1.08 bits per heavy atom. The highest BCUT2D eigenvalue weighted by Gasteiger charge is 2.28. The van der Waals surface area contributed by atoms with Crippen molar-refractivity contribution in [1.82, 2.24) is 0 Å². The Kier molecular flexibility index (Phi) is 27.4. The SMILES string of the molecule is Cc1cc(C)c(-c2cccc(-c3cc(C4CCCCC4)c(C)c[n+]3C)c2C)c(C)c1.Cc1ccc(-c2cccc(-c3cc(-c4ccccc4)c(C)c[n+]3C)c2C)c(C)c1.Cc1ccc(-c2cccc(-c3cc(-c4ccccc4C)c(C)c[n+]3C)c2C)c(C)c1.Cc1ccc(-c2cccc(-c3cc(CC(C)(C)C)c(C(C)C)c[n+]3C)c2C)c(C)c1. The van der Waals surface area contributed by atoms with Crippen LogP contribution in [0.25, 0.3) is 112 Å². The molecule has 0 amide bonds. The molecular weight excluding hydrogens is 1440 g/mol. The summed E-state index contributed by atoms with van der Waals surface area (Å²) in [5.74, 6) is 1.24. The molecule has 0 unspecified atom stereocenters. The van der Waals surface area contributed by atoms with Crippen LogP contribution >= 0.6 is 0 Å². The average Bonchev–Trinajstić information content (AvgIpc) is 0.795. The number of aromatic nitrogens is 4. The van der Waals surface area contributed by atoms with Gasteiger partial charge in [0.2, 0.25) is 22.8 Å². The van der Waals surface area contributed by atoms with Gasteiger partial charge in [0.25, 0.3) is 0 Å². The molecule has 4 aromatic heterocycles. The van der Waals surface area contributed by atoms with Crippen molar-refractivity contribution in [2.75, 3.05) is 0 Å². The molecule has 0 aliphatic heterocycles. The third-order valence-electron chi connectivity index (χ3n) is 25.2. The Morgan fingerprint density at radius 2 is 0.639 bits per heavy atom. The maximum absolute atomic E-state index is 2.49. The van der Waals surface area contributed by atoms with E-state index in [-0.39, 0.29) is 5.41 Å². The van der Waals surface area contributed by atoms with Gasteiger partial charge in [0, 0.05) is 68.8 Å². The Balaban J connectivity index is 0.000000146. The molecule has 4 heterocycles. The van der Waals surface area contributed by atoms with Crippen LogP contribution in [0.1, 0.15) is 190 Å². The molecule has 1 fully saturated rings. The largest absolute Gasteiger partial charge is 0.213 e. The molecule has 1 aliphatic rings. The van der Waals surface area contributed by atoms with Gasteiger partial charge in [-0.3, -0.25) is 0 Å². The highest BCUT2D eigenvalue weighted by molar-refractivity contribution is 5.84. The zero-order valence-corrected chi connectivity index (χ0v) is 76.8. The molecule has 0 spiro atoms. The number of pyridine rings is 4. The lowest BCUT2D eigenvalue weighted by Crippen LogP contribution is -2.33. The summed E-state index contributed by atoms with van der Waals surface area (Å²) >= 11 is 0. The highest BCUT2D eigenvalue weighted by Crippen LogP contribution is 2.43. The molecule has 15 rings (SSSR count). The van der Waals surface area contributed by atoms with Gasteiger partial charge in [-0.25, -0.2) is 18.3 Å². The van der Waals surface area contributed by atoms with Gasteiger partial charge < -0.3 is 0 Å². The van der Waals surface area contributed by atoms with Gasteiger partial charge in [-0.05, 0) is 312 Å². The fourth-order valence-electron chi connectivity index (χ4n) is 19.1. The van der Waals surface area contributed by atoms with Gasteiger partial charge in [-0.1, -0.05) is 246 Å². The Morgan fingerprint density at radius 1 is 0.286 bits per heavy atom. The van der Waals surface area contributed by atoms with Crippen LogP contribution in [0.5, 0.6) is 0 Å². The summed E-state index contributed by atoms with van der Waals surface area (Å²) in [6.45, 7) is 49.3. The molecule has 608 valence electrons. The zero-order chi connectivity index (χ0) is 85.6. The number of benzene rings is 10. The van der Waals surface area contributed by atoms with E-state index in [0.29, 0.717) is 5.92 Å². The zero-order valence-electron chi connectivity index (χ0n) is 76.8. The molecule has 1 saturated carbocycles. The lowest BCUT2D eigenvalue weighted by Gasteiger charge is -2.23. The summed E-state index contributed by atoms with van der Waals surface area (Å²) in [7, 11) is 8.67. The molecule has 0 atom stereocenters. The van der Waals surface area contributed by atoms with Gasteiger partial charge in [0.05, 0.1) is 0 Å². The smallest absolute Gasteiger partial charge is 0.201 e. The summed E-state index contributed by atoms with van der Waals surface area (Å²) in [5.41, 5.74) is 53.6. The quantitative estimate of drug-likeness (QED) is 0.102. The fourth-order valence-corrected chi connectivity index (χ4v) is 19.1. The van der Waals surface area contributed by atoms with Crippen molar-refractivity contribution in [2.45, 2.75) is 203 Å². The number of hydrogen-bond acceptors (Lipinski definition) is 0. The molecule has 14 aromatic rings. The predicted octanol–water partition coefficient (Wildman–Crippen LogP) is 28.7. The van der Waals surface area contributed by atoms with Gasteiger partial charge in [-0.15, -0.1) is 0 Å². The van der Waals surface area contributed by atoms with E-state index in [1.165, 1.54) is 250 Å². The van der Waals surface area contributed by atoms with Crippen molar-refractivity contribution < 1.29 is 18.3 Å². The second kappa shape index (κ2) is 37.4. The van der Waals surface area contributed by atoms with E-state index in [9.17, 15) is 0 Å². The Bertz CT molecular complexity index is 6040. The molecule has 4 heteroatoms. The molecule has 0 saturated heterocycles. The van der Waals surface area contributed by atoms with E-state index in [1.807, 2.05) is 0 Å². The second-order valence-electron chi connectivity index (χ2n) is 36.4. The number of hydrogen-bond donors (Lipinski definition) is 0. The van der Waals surface area contributed by atoms with E-state index in [2.05, 4.69) is 442 Å². The lowest BCUT2D eigenvalue weighted by atomic mass is 9.82. The first kappa shape index (κ1) is 87.1. The molecule has 10 aromatic carbocycles. The summed E-state index contributed by atoms with van der Waals surface area (Å²) in [5, 5.41) is 0. The first-order chi connectivity index (χ1) is 56.7. The molecule has 1 aliphatic carbocycles. The molecule has 0 bridgehead atoms. The average molecular weight is 1570 g/mol. The fraction of sp³-hybridized carbons (Fsp3) is 0.304. The van der Waals surface area contributed by atoms with Crippen LogP contribution in [0.2, 0.25) is 0 Å². The van der Waals surface area contributed by atoms with Gasteiger partial charge >= 0.3 is 0 Å². The van der Waals surface area contributed by atoms with Gasteiger partial charge in [0.15, 0.2) is 24.8 Å². The standard InChI is InChI=1S/C29H30N.C29H36N.C29H38N.C28H28N/c1-19-14-15-25(21(3)16-19)26-12-9-13-27(23(26)5)29-17-28(22(4)18-30(29)6)24-11-8-7-10-20(24)2;1-19-15-20(2)29(21(3)16-19)26-14-10-13-25(23(26)5)28-17-27(22(4)18-30(28)6)24-11-8-7-9-12-24;1-19(2)27-18-30(9)28(16-23(27)17-29(6,7)8)26-12-10-11-25(22(26)5)24-14-13-20(3)15-21(24)4;1-19-14-15-24(20(2)16-19)25-12-9-13-26(22(25)4)28-17-27(21(3)18-29(28)5)23-10-7-6-8-11-23/h7-18H,1-6H3;10,13-18,24H,7-9,11-12H2,1-6H3;10-16,18-19H,17H2,1-9H3;6-18H,1-5H3/q4*+1. The minimum absolute atomic E-state index is 0.261. The van der Waals surface area contributed by atoms with Crippen molar-refractivity contribution in [1.29, 1.82) is 0 Å². The number of nitrogens with zero attached hydrogens (tertiary/aromatic N) is 4. The molecule has 0 radical (unpaired) electrons. The third-order valence-corrected chi connectivity index (χ3v) is 25.2. The topological polar surface area (TPSA) is 15.5 Å². The normalized spacial score (nSPS) is 12.2. The van der Waals surface area contributed by atoms with Crippen LogP contribution < -0.4 is 18.3 Å². The van der Waals surface area contributed by atoms with E-state index >= 15 is 0 Å². The van der Waals surface area contributed by atoms with E-state index < -0.39 is 0 Å². The van der Waals surface area contributed by atoms with Crippen LogP contribution in [0, 0.1) is 123 Å². The summed E-state index contributed by atoms with van der Waals surface area (Å²) in [4.78, 5) is 0. The van der Waals surface area contributed by atoms with Gasteiger partial charge in [-0.2, -0.15) is 0 Å².